The Morgan fingerprint density at radius 3 is 2.62 bits per heavy atom. The van der Waals surface area contributed by atoms with Crippen molar-refractivity contribution in [3.8, 4) is 22.6 Å². The van der Waals surface area contributed by atoms with Gasteiger partial charge in [-0.25, -0.2) is 9.97 Å². The van der Waals surface area contributed by atoms with Crippen molar-refractivity contribution >= 4 is 5.91 Å². The van der Waals surface area contributed by atoms with Crippen molar-refractivity contribution in [1.82, 2.24) is 25.4 Å². The number of nitrogens with one attached hydrogen (secondary N) is 1. The molecule has 0 radical (unpaired) electrons. The topological polar surface area (TPSA) is 93.8 Å². The second-order valence-corrected chi connectivity index (χ2v) is 6.63. The van der Waals surface area contributed by atoms with Gasteiger partial charge in [-0.1, -0.05) is 29.4 Å². The van der Waals surface area contributed by atoms with Crippen LogP contribution in [0.5, 0.6) is 0 Å². The van der Waals surface area contributed by atoms with E-state index in [0.717, 1.165) is 28.1 Å². The molecule has 1 N–H and O–H groups in total. The van der Waals surface area contributed by atoms with Gasteiger partial charge in [-0.15, -0.1) is 0 Å². The van der Waals surface area contributed by atoms with Crippen molar-refractivity contribution in [3.05, 3.63) is 83.7 Å². The first-order valence-electron chi connectivity index (χ1n) is 9.15. The number of aromatic nitrogens is 4. The van der Waals surface area contributed by atoms with Crippen molar-refractivity contribution in [2.45, 2.75) is 20.4 Å². The quantitative estimate of drug-likeness (QED) is 0.562. The number of pyridine rings is 1. The zero-order valence-electron chi connectivity index (χ0n) is 16.1. The highest BCUT2D eigenvalue weighted by Gasteiger charge is 2.14. The Morgan fingerprint density at radius 2 is 1.93 bits per heavy atom. The minimum absolute atomic E-state index is 0.156. The lowest BCUT2D eigenvalue weighted by molar-refractivity contribution is 0.0950. The van der Waals surface area contributed by atoms with Gasteiger partial charge in [0.2, 0.25) is 0 Å². The molecule has 0 aliphatic rings. The largest absolute Gasteiger partial charge is 0.356 e. The fraction of sp³-hybridized carbons (Fsp3) is 0.136. The molecule has 4 aromatic rings. The van der Waals surface area contributed by atoms with E-state index in [2.05, 4.69) is 25.4 Å². The van der Waals surface area contributed by atoms with Gasteiger partial charge < -0.3 is 9.84 Å². The van der Waals surface area contributed by atoms with E-state index in [1.54, 1.807) is 30.7 Å². The fourth-order valence-corrected chi connectivity index (χ4v) is 2.92. The first kappa shape index (κ1) is 18.5. The molecule has 0 bridgehead atoms. The maximum absolute atomic E-state index is 12.2. The van der Waals surface area contributed by atoms with Crippen LogP contribution in [0.3, 0.4) is 0 Å². The monoisotopic (exact) mass is 385 g/mol. The summed E-state index contributed by atoms with van der Waals surface area (Å²) in [5, 5.41) is 6.85. The van der Waals surface area contributed by atoms with E-state index < -0.39 is 0 Å². The van der Waals surface area contributed by atoms with E-state index in [0.29, 0.717) is 23.7 Å². The van der Waals surface area contributed by atoms with E-state index in [4.69, 9.17) is 4.52 Å². The summed E-state index contributed by atoms with van der Waals surface area (Å²) >= 11 is 0. The van der Waals surface area contributed by atoms with Crippen molar-refractivity contribution in [2.24, 2.45) is 0 Å². The maximum Gasteiger partial charge on any atom is 0.253 e. The molecule has 4 rings (SSSR count). The number of carbonyl (C=O) groups is 1. The maximum atomic E-state index is 12.2. The summed E-state index contributed by atoms with van der Waals surface area (Å²) in [6.45, 7) is 4.14. The Labute approximate surface area is 167 Å². The SMILES string of the molecule is Cc1cc(-c2cnc(C)nc2-c2ccc(CNC(=O)c3cccnc3)cc2)on1. The third-order valence-electron chi connectivity index (χ3n) is 4.41. The molecule has 3 heterocycles. The van der Waals surface area contributed by atoms with Gasteiger partial charge in [-0.3, -0.25) is 9.78 Å². The molecule has 0 unspecified atom stereocenters. The fourth-order valence-electron chi connectivity index (χ4n) is 2.92. The van der Waals surface area contributed by atoms with Gasteiger partial charge in [0.1, 0.15) is 5.82 Å². The van der Waals surface area contributed by atoms with Crippen LogP contribution in [0.4, 0.5) is 0 Å². The first-order valence-corrected chi connectivity index (χ1v) is 9.15. The second kappa shape index (κ2) is 8.02. The van der Waals surface area contributed by atoms with Crippen molar-refractivity contribution < 1.29 is 9.32 Å². The van der Waals surface area contributed by atoms with E-state index in [-0.39, 0.29) is 5.91 Å². The number of carbonyl (C=O) groups excluding carboxylic acids is 1. The van der Waals surface area contributed by atoms with Crippen LogP contribution >= 0.6 is 0 Å². The summed E-state index contributed by atoms with van der Waals surface area (Å²) in [4.78, 5) is 25.0. The summed E-state index contributed by atoms with van der Waals surface area (Å²) in [6.07, 6.45) is 4.93. The van der Waals surface area contributed by atoms with Crippen LogP contribution in [0.15, 0.2) is 65.6 Å². The van der Waals surface area contributed by atoms with Gasteiger partial charge in [-0.05, 0) is 31.5 Å². The van der Waals surface area contributed by atoms with Crippen LogP contribution in [0.25, 0.3) is 22.6 Å². The smallest absolute Gasteiger partial charge is 0.253 e. The van der Waals surface area contributed by atoms with Gasteiger partial charge in [-0.2, -0.15) is 0 Å². The number of hydrogen-bond donors (Lipinski definition) is 1. The molecule has 0 aliphatic heterocycles. The number of amides is 1. The number of hydrogen-bond acceptors (Lipinski definition) is 6. The predicted molar refractivity (Wildman–Crippen MR) is 108 cm³/mol. The average Bonchev–Trinajstić information content (AvgIpc) is 3.19. The third-order valence-corrected chi connectivity index (χ3v) is 4.41. The molecule has 3 aromatic heterocycles. The van der Waals surface area contributed by atoms with Crippen molar-refractivity contribution in [1.29, 1.82) is 0 Å². The minimum Gasteiger partial charge on any atom is -0.356 e. The van der Waals surface area contributed by atoms with Crippen molar-refractivity contribution in [3.63, 3.8) is 0 Å². The predicted octanol–water partition coefficient (Wildman–Crippen LogP) is 3.74. The van der Waals surface area contributed by atoms with E-state index in [1.807, 2.05) is 44.2 Å². The van der Waals surface area contributed by atoms with Gasteiger partial charge in [0, 0.05) is 36.8 Å². The van der Waals surface area contributed by atoms with E-state index in [1.165, 1.54) is 0 Å². The van der Waals surface area contributed by atoms with Crippen LogP contribution in [0.2, 0.25) is 0 Å². The van der Waals surface area contributed by atoms with Crippen LogP contribution < -0.4 is 5.32 Å². The molecule has 1 amide bonds. The molecule has 7 nitrogen and oxygen atoms in total. The zero-order chi connectivity index (χ0) is 20.2. The van der Waals surface area contributed by atoms with Gasteiger partial charge in [0.05, 0.1) is 22.5 Å². The molecule has 29 heavy (non-hydrogen) atoms. The number of rotatable bonds is 5. The van der Waals surface area contributed by atoms with Crippen LogP contribution in [-0.2, 0) is 6.54 Å². The van der Waals surface area contributed by atoms with Crippen LogP contribution in [0.1, 0.15) is 27.4 Å². The molecule has 0 spiro atoms. The Hall–Kier alpha value is -3.87. The normalized spacial score (nSPS) is 10.7. The Morgan fingerprint density at radius 1 is 1.10 bits per heavy atom. The lowest BCUT2D eigenvalue weighted by Crippen LogP contribution is -2.22. The molecule has 0 fully saturated rings. The number of benzene rings is 1. The highest BCUT2D eigenvalue weighted by Crippen LogP contribution is 2.30. The summed E-state index contributed by atoms with van der Waals surface area (Å²) in [7, 11) is 0. The lowest BCUT2D eigenvalue weighted by atomic mass is 10.0. The molecule has 0 atom stereocenters. The van der Waals surface area contributed by atoms with Crippen LogP contribution in [-0.4, -0.2) is 26.0 Å². The highest BCUT2D eigenvalue weighted by atomic mass is 16.5. The van der Waals surface area contributed by atoms with E-state index in [9.17, 15) is 4.79 Å². The molecule has 7 heteroatoms. The van der Waals surface area contributed by atoms with Crippen molar-refractivity contribution in [2.75, 3.05) is 0 Å². The standard InChI is InChI=1S/C22H19N5O2/c1-14-10-20(29-27-14)19-13-24-15(2)26-21(19)17-7-5-16(6-8-17)11-25-22(28)18-4-3-9-23-12-18/h3-10,12-13H,11H2,1-2H3,(H,25,28). The zero-order valence-corrected chi connectivity index (χ0v) is 16.1. The minimum atomic E-state index is -0.156. The number of nitrogens with zero attached hydrogens (tertiary/aromatic N) is 4. The first-order chi connectivity index (χ1) is 14.1. The van der Waals surface area contributed by atoms with Gasteiger partial charge in [0.15, 0.2) is 5.76 Å². The highest BCUT2D eigenvalue weighted by molar-refractivity contribution is 5.93. The van der Waals surface area contributed by atoms with Gasteiger partial charge in [0.25, 0.3) is 5.91 Å². The summed E-state index contributed by atoms with van der Waals surface area (Å²) in [6, 6.07) is 13.2. The number of aryl methyl sites for hydroxylation is 2. The average molecular weight is 385 g/mol. The summed E-state index contributed by atoms with van der Waals surface area (Å²) in [5.41, 5.74) is 4.81. The Kier molecular flexibility index (Phi) is 5.11. The lowest BCUT2D eigenvalue weighted by Gasteiger charge is -2.09. The molecule has 0 aliphatic carbocycles. The Balaban J connectivity index is 1.54. The van der Waals surface area contributed by atoms with E-state index >= 15 is 0 Å². The molecular weight excluding hydrogens is 366 g/mol. The van der Waals surface area contributed by atoms with Gasteiger partial charge >= 0.3 is 0 Å². The molecule has 0 saturated carbocycles. The molecule has 144 valence electrons. The third kappa shape index (κ3) is 4.19. The molecule has 0 saturated heterocycles. The molecular formula is C22H19N5O2. The molecule has 1 aromatic carbocycles. The van der Waals surface area contributed by atoms with Crippen LogP contribution in [0, 0.1) is 13.8 Å². The summed E-state index contributed by atoms with van der Waals surface area (Å²) in [5.74, 6) is 1.15. The Bertz CT molecular complexity index is 1140. The summed E-state index contributed by atoms with van der Waals surface area (Å²) < 4.78 is 5.40. The second-order valence-electron chi connectivity index (χ2n) is 6.63.